The SMILES string of the molecule is NC1CCCCC1C(=O)N1CCC(C(=O)O)C(C(=O)O)C1. The van der Waals surface area contributed by atoms with Crippen molar-refractivity contribution in [2.24, 2.45) is 23.5 Å². The quantitative estimate of drug-likeness (QED) is 0.681. The van der Waals surface area contributed by atoms with Crippen LogP contribution in [0.2, 0.25) is 0 Å². The molecule has 0 aromatic heterocycles. The van der Waals surface area contributed by atoms with E-state index in [0.29, 0.717) is 6.54 Å². The first-order chi connectivity index (χ1) is 9.91. The van der Waals surface area contributed by atoms with Crippen molar-refractivity contribution in [3.05, 3.63) is 0 Å². The van der Waals surface area contributed by atoms with Crippen molar-refractivity contribution in [1.82, 2.24) is 4.90 Å². The molecule has 4 N–H and O–H groups in total. The minimum Gasteiger partial charge on any atom is -0.481 e. The van der Waals surface area contributed by atoms with Crippen LogP contribution in [0.15, 0.2) is 0 Å². The van der Waals surface area contributed by atoms with E-state index in [1.165, 1.54) is 4.90 Å². The average molecular weight is 298 g/mol. The maximum absolute atomic E-state index is 12.5. The van der Waals surface area contributed by atoms with Crippen molar-refractivity contribution in [2.75, 3.05) is 13.1 Å². The Bertz CT molecular complexity index is 439. The fourth-order valence-electron chi connectivity index (χ4n) is 3.40. The highest BCUT2D eigenvalue weighted by Crippen LogP contribution is 2.29. The standard InChI is InChI=1S/C14H22N2O5/c15-11-4-2-1-3-9(11)12(17)16-6-5-8(13(18)19)10(7-16)14(20)21/h8-11H,1-7,15H2,(H,18,19)(H,20,21). The van der Waals surface area contributed by atoms with E-state index in [2.05, 4.69) is 0 Å². The minimum absolute atomic E-state index is 0.0334. The van der Waals surface area contributed by atoms with Crippen molar-refractivity contribution in [2.45, 2.75) is 38.1 Å². The number of carbonyl (C=O) groups is 3. The monoisotopic (exact) mass is 298 g/mol. The van der Waals surface area contributed by atoms with E-state index in [4.69, 9.17) is 10.8 Å². The van der Waals surface area contributed by atoms with E-state index in [-0.39, 0.29) is 30.8 Å². The van der Waals surface area contributed by atoms with Gasteiger partial charge in [0.25, 0.3) is 0 Å². The number of piperidine rings is 1. The summed E-state index contributed by atoms with van der Waals surface area (Å²) in [4.78, 5) is 36.4. The zero-order chi connectivity index (χ0) is 15.6. The number of aliphatic carboxylic acids is 2. The van der Waals surface area contributed by atoms with E-state index in [9.17, 15) is 19.5 Å². The van der Waals surface area contributed by atoms with E-state index in [1.807, 2.05) is 0 Å². The topological polar surface area (TPSA) is 121 Å². The van der Waals surface area contributed by atoms with Gasteiger partial charge in [-0.2, -0.15) is 0 Å². The second-order valence-electron chi connectivity index (χ2n) is 6.02. The molecular weight excluding hydrogens is 276 g/mol. The summed E-state index contributed by atoms with van der Waals surface area (Å²) in [6.07, 6.45) is 3.70. The molecule has 1 amide bonds. The smallest absolute Gasteiger partial charge is 0.309 e. The van der Waals surface area contributed by atoms with Crippen molar-refractivity contribution in [3.63, 3.8) is 0 Å². The van der Waals surface area contributed by atoms with Gasteiger partial charge in [-0.05, 0) is 19.3 Å². The van der Waals surface area contributed by atoms with E-state index < -0.39 is 23.8 Å². The van der Waals surface area contributed by atoms with Crippen LogP contribution in [0.1, 0.15) is 32.1 Å². The lowest BCUT2D eigenvalue weighted by atomic mass is 9.81. The van der Waals surface area contributed by atoms with Crippen molar-refractivity contribution >= 4 is 17.8 Å². The Morgan fingerprint density at radius 1 is 0.905 bits per heavy atom. The van der Waals surface area contributed by atoms with Crippen LogP contribution in [0, 0.1) is 17.8 Å². The molecule has 1 saturated carbocycles. The van der Waals surface area contributed by atoms with Crippen LogP contribution < -0.4 is 5.73 Å². The van der Waals surface area contributed by atoms with E-state index >= 15 is 0 Å². The molecule has 7 nitrogen and oxygen atoms in total. The molecule has 0 aromatic carbocycles. The summed E-state index contributed by atoms with van der Waals surface area (Å²) in [5, 5.41) is 18.3. The maximum atomic E-state index is 12.5. The Balaban J connectivity index is 2.06. The summed E-state index contributed by atoms with van der Waals surface area (Å²) in [5.41, 5.74) is 6.00. The number of carbonyl (C=O) groups excluding carboxylic acids is 1. The fraction of sp³-hybridized carbons (Fsp3) is 0.786. The summed E-state index contributed by atoms with van der Waals surface area (Å²) in [6.45, 7) is 0.261. The Morgan fingerprint density at radius 2 is 1.52 bits per heavy atom. The summed E-state index contributed by atoms with van der Waals surface area (Å²) in [5.74, 6) is -4.60. The third-order valence-electron chi connectivity index (χ3n) is 4.70. The first-order valence-corrected chi connectivity index (χ1v) is 7.41. The van der Waals surface area contributed by atoms with Gasteiger partial charge in [-0.1, -0.05) is 12.8 Å². The average Bonchev–Trinajstić information content (AvgIpc) is 2.46. The molecule has 7 heteroatoms. The largest absolute Gasteiger partial charge is 0.481 e. The van der Waals surface area contributed by atoms with Gasteiger partial charge in [0.1, 0.15) is 0 Å². The molecule has 4 unspecified atom stereocenters. The number of nitrogens with two attached hydrogens (primary N) is 1. The Kier molecular flexibility index (Phi) is 4.82. The molecule has 0 spiro atoms. The van der Waals surface area contributed by atoms with E-state index in [0.717, 1.165) is 25.7 Å². The first kappa shape index (κ1) is 15.8. The number of hydrogen-bond donors (Lipinski definition) is 3. The number of carboxylic acid groups (broad SMARTS) is 2. The number of nitrogens with zero attached hydrogens (tertiary/aromatic N) is 1. The summed E-state index contributed by atoms with van der Waals surface area (Å²) < 4.78 is 0. The van der Waals surface area contributed by atoms with Gasteiger partial charge in [-0.15, -0.1) is 0 Å². The molecule has 2 fully saturated rings. The van der Waals surface area contributed by atoms with Gasteiger partial charge < -0.3 is 20.8 Å². The number of rotatable bonds is 3. The molecule has 1 heterocycles. The van der Waals surface area contributed by atoms with Gasteiger partial charge >= 0.3 is 11.9 Å². The van der Waals surface area contributed by atoms with Crippen molar-refractivity contribution < 1.29 is 24.6 Å². The summed E-state index contributed by atoms with van der Waals surface area (Å²) in [7, 11) is 0. The highest BCUT2D eigenvalue weighted by Gasteiger charge is 2.42. The van der Waals surface area contributed by atoms with Crippen molar-refractivity contribution in [1.29, 1.82) is 0 Å². The number of hydrogen-bond acceptors (Lipinski definition) is 4. The molecule has 4 atom stereocenters. The lowest BCUT2D eigenvalue weighted by molar-refractivity contribution is -0.160. The summed E-state index contributed by atoms with van der Waals surface area (Å²) in [6, 6.07) is -0.174. The lowest BCUT2D eigenvalue weighted by Crippen LogP contribution is -2.53. The second kappa shape index (κ2) is 6.43. The first-order valence-electron chi connectivity index (χ1n) is 7.41. The van der Waals surface area contributed by atoms with Gasteiger partial charge in [0.15, 0.2) is 0 Å². The van der Waals surface area contributed by atoms with Gasteiger partial charge in [-0.3, -0.25) is 14.4 Å². The molecule has 2 rings (SSSR count). The molecule has 0 bridgehead atoms. The van der Waals surface area contributed by atoms with Crippen LogP contribution >= 0.6 is 0 Å². The molecule has 118 valence electrons. The predicted octanol–water partition coefficient (Wildman–Crippen LogP) is 0.138. The molecular formula is C14H22N2O5. The molecule has 21 heavy (non-hydrogen) atoms. The van der Waals surface area contributed by atoms with Gasteiger partial charge in [0, 0.05) is 19.1 Å². The van der Waals surface area contributed by atoms with Crippen LogP contribution in [0.4, 0.5) is 0 Å². The second-order valence-corrected chi connectivity index (χ2v) is 6.02. The zero-order valence-electron chi connectivity index (χ0n) is 11.9. The van der Waals surface area contributed by atoms with Crippen LogP contribution in [0.5, 0.6) is 0 Å². The van der Waals surface area contributed by atoms with E-state index in [1.54, 1.807) is 0 Å². The van der Waals surface area contributed by atoms with Crippen molar-refractivity contribution in [3.8, 4) is 0 Å². The third kappa shape index (κ3) is 3.34. The van der Waals surface area contributed by atoms with Crippen LogP contribution in [-0.2, 0) is 14.4 Å². The predicted molar refractivity (Wildman–Crippen MR) is 73.4 cm³/mol. The Labute approximate surface area is 123 Å². The third-order valence-corrected chi connectivity index (χ3v) is 4.70. The Morgan fingerprint density at radius 3 is 2.10 bits per heavy atom. The maximum Gasteiger partial charge on any atom is 0.309 e. The number of amides is 1. The zero-order valence-corrected chi connectivity index (χ0v) is 11.9. The normalized spacial score (nSPS) is 33.5. The number of carboxylic acids is 2. The molecule has 1 aliphatic carbocycles. The molecule has 0 radical (unpaired) electrons. The van der Waals surface area contributed by atoms with Gasteiger partial charge in [0.2, 0.25) is 5.91 Å². The molecule has 1 aliphatic heterocycles. The molecule has 0 aromatic rings. The van der Waals surface area contributed by atoms with Crippen LogP contribution in [0.3, 0.4) is 0 Å². The highest BCUT2D eigenvalue weighted by atomic mass is 16.4. The van der Waals surface area contributed by atoms with Gasteiger partial charge in [-0.25, -0.2) is 0 Å². The number of likely N-dealkylation sites (tertiary alicyclic amines) is 1. The molecule has 2 aliphatic rings. The molecule has 1 saturated heterocycles. The lowest BCUT2D eigenvalue weighted by Gasteiger charge is -2.38. The fourth-order valence-corrected chi connectivity index (χ4v) is 3.40. The Hall–Kier alpha value is -1.63. The van der Waals surface area contributed by atoms with Gasteiger partial charge in [0.05, 0.1) is 17.8 Å². The van der Waals surface area contributed by atoms with Crippen LogP contribution in [-0.4, -0.2) is 52.1 Å². The summed E-state index contributed by atoms with van der Waals surface area (Å²) >= 11 is 0. The highest BCUT2D eigenvalue weighted by molar-refractivity contribution is 5.84. The minimum atomic E-state index is -1.16. The van der Waals surface area contributed by atoms with Crippen LogP contribution in [0.25, 0.3) is 0 Å².